The molecule has 5 heteroatoms. The average molecular weight is 338 g/mol. The van der Waals surface area contributed by atoms with Gasteiger partial charge in [0.25, 0.3) is 5.91 Å². The van der Waals surface area contributed by atoms with Crippen molar-refractivity contribution < 1.29 is 4.79 Å². The van der Waals surface area contributed by atoms with E-state index in [2.05, 4.69) is 38.2 Å². The molecule has 1 N–H and O–H groups in total. The minimum Gasteiger partial charge on any atom is -0.350 e. The molecule has 2 saturated heterocycles. The van der Waals surface area contributed by atoms with Crippen LogP contribution in [0.2, 0.25) is 0 Å². The second kappa shape index (κ2) is 5.82. The third-order valence-corrected chi connectivity index (χ3v) is 5.18. The summed E-state index contributed by atoms with van der Waals surface area (Å²) in [7, 11) is 2.24. The SMILES string of the molecule is CN1C2CCC1CC(CNC(=O)c1ccc(Br)cn1)C2. The Morgan fingerprint density at radius 2 is 2.10 bits per heavy atom. The smallest absolute Gasteiger partial charge is 0.269 e. The summed E-state index contributed by atoms with van der Waals surface area (Å²) in [5.41, 5.74) is 0.490. The van der Waals surface area contributed by atoms with E-state index in [0.29, 0.717) is 11.6 Å². The lowest BCUT2D eigenvalue weighted by molar-refractivity contribution is 0.0912. The number of amides is 1. The highest BCUT2D eigenvalue weighted by Crippen LogP contribution is 2.36. The van der Waals surface area contributed by atoms with Crippen LogP contribution in [0.3, 0.4) is 0 Å². The van der Waals surface area contributed by atoms with E-state index in [0.717, 1.165) is 23.1 Å². The minimum atomic E-state index is -0.0659. The van der Waals surface area contributed by atoms with Gasteiger partial charge in [-0.25, -0.2) is 4.98 Å². The number of piperidine rings is 1. The maximum Gasteiger partial charge on any atom is 0.269 e. The zero-order valence-electron chi connectivity index (χ0n) is 11.7. The van der Waals surface area contributed by atoms with E-state index in [9.17, 15) is 4.79 Å². The van der Waals surface area contributed by atoms with Crippen LogP contribution in [-0.4, -0.2) is 41.5 Å². The standard InChI is InChI=1S/C15H20BrN3O/c1-19-12-3-4-13(19)7-10(6-12)8-18-15(20)14-5-2-11(16)9-17-14/h2,5,9-10,12-13H,3-4,6-8H2,1H3,(H,18,20). The van der Waals surface area contributed by atoms with E-state index in [4.69, 9.17) is 0 Å². The number of nitrogens with one attached hydrogen (secondary N) is 1. The second-order valence-electron chi connectivity index (χ2n) is 5.96. The van der Waals surface area contributed by atoms with Crippen molar-refractivity contribution in [2.75, 3.05) is 13.6 Å². The first-order chi connectivity index (χ1) is 9.63. The van der Waals surface area contributed by atoms with E-state index >= 15 is 0 Å². The van der Waals surface area contributed by atoms with E-state index in [1.54, 1.807) is 12.3 Å². The van der Waals surface area contributed by atoms with Gasteiger partial charge in [-0.15, -0.1) is 0 Å². The lowest BCUT2D eigenvalue weighted by Crippen LogP contribution is -2.43. The van der Waals surface area contributed by atoms with E-state index in [1.807, 2.05) is 6.07 Å². The van der Waals surface area contributed by atoms with Gasteiger partial charge in [-0.05, 0) is 66.7 Å². The number of pyridine rings is 1. The fraction of sp³-hybridized carbons (Fsp3) is 0.600. The van der Waals surface area contributed by atoms with Crippen molar-refractivity contribution in [3.8, 4) is 0 Å². The molecule has 20 heavy (non-hydrogen) atoms. The Balaban J connectivity index is 1.52. The highest BCUT2D eigenvalue weighted by Gasteiger charge is 2.38. The summed E-state index contributed by atoms with van der Waals surface area (Å²) >= 11 is 3.32. The van der Waals surface area contributed by atoms with Crippen LogP contribution in [0.25, 0.3) is 0 Å². The maximum atomic E-state index is 12.0. The monoisotopic (exact) mass is 337 g/mol. The average Bonchev–Trinajstić information content (AvgIpc) is 2.66. The van der Waals surface area contributed by atoms with E-state index in [-0.39, 0.29) is 5.91 Å². The van der Waals surface area contributed by atoms with Crippen molar-refractivity contribution in [2.45, 2.75) is 37.8 Å². The Hall–Kier alpha value is -0.940. The molecule has 0 aromatic carbocycles. The topological polar surface area (TPSA) is 45.2 Å². The molecule has 2 atom stereocenters. The lowest BCUT2D eigenvalue weighted by Gasteiger charge is -2.36. The molecule has 2 aliphatic rings. The number of carbonyl (C=O) groups excluding carboxylic acids is 1. The van der Waals surface area contributed by atoms with Crippen LogP contribution in [0.15, 0.2) is 22.8 Å². The number of halogens is 1. The van der Waals surface area contributed by atoms with Crippen LogP contribution in [0, 0.1) is 5.92 Å². The summed E-state index contributed by atoms with van der Waals surface area (Å²) in [6.45, 7) is 0.775. The molecule has 0 radical (unpaired) electrons. The van der Waals surface area contributed by atoms with Gasteiger partial charge in [-0.2, -0.15) is 0 Å². The Kier molecular flexibility index (Phi) is 4.08. The summed E-state index contributed by atoms with van der Waals surface area (Å²) in [6, 6.07) is 5.04. The summed E-state index contributed by atoms with van der Waals surface area (Å²) in [5, 5.41) is 3.04. The Morgan fingerprint density at radius 3 is 2.70 bits per heavy atom. The van der Waals surface area contributed by atoms with Crippen LogP contribution < -0.4 is 5.32 Å². The van der Waals surface area contributed by atoms with Crippen LogP contribution in [0.4, 0.5) is 0 Å². The summed E-state index contributed by atoms with van der Waals surface area (Å²) in [6.07, 6.45) is 6.71. The first kappa shape index (κ1) is 14.0. The van der Waals surface area contributed by atoms with Crippen molar-refractivity contribution in [3.63, 3.8) is 0 Å². The van der Waals surface area contributed by atoms with Crippen LogP contribution in [0.1, 0.15) is 36.2 Å². The normalized spacial score (nSPS) is 29.4. The molecular weight excluding hydrogens is 318 g/mol. The van der Waals surface area contributed by atoms with Crippen molar-refractivity contribution in [1.29, 1.82) is 0 Å². The van der Waals surface area contributed by atoms with Crippen molar-refractivity contribution in [2.24, 2.45) is 5.92 Å². The predicted molar refractivity (Wildman–Crippen MR) is 81.6 cm³/mol. The van der Waals surface area contributed by atoms with Gasteiger partial charge in [0.05, 0.1) is 0 Å². The summed E-state index contributed by atoms with van der Waals surface area (Å²) in [5.74, 6) is 0.548. The van der Waals surface area contributed by atoms with Crippen LogP contribution in [0.5, 0.6) is 0 Å². The first-order valence-electron chi connectivity index (χ1n) is 7.25. The number of rotatable bonds is 3. The summed E-state index contributed by atoms with van der Waals surface area (Å²) < 4.78 is 0.890. The zero-order chi connectivity index (χ0) is 14.1. The molecule has 1 amide bonds. The Bertz CT molecular complexity index is 476. The van der Waals surface area contributed by atoms with Crippen LogP contribution >= 0.6 is 15.9 Å². The third kappa shape index (κ3) is 2.88. The molecule has 3 heterocycles. The van der Waals surface area contributed by atoms with Crippen molar-refractivity contribution >= 4 is 21.8 Å². The molecule has 2 bridgehead atoms. The largest absolute Gasteiger partial charge is 0.350 e. The lowest BCUT2D eigenvalue weighted by atomic mass is 9.91. The zero-order valence-corrected chi connectivity index (χ0v) is 13.3. The quantitative estimate of drug-likeness (QED) is 0.921. The molecule has 4 nitrogen and oxygen atoms in total. The van der Waals surface area contributed by atoms with Gasteiger partial charge in [-0.3, -0.25) is 4.79 Å². The van der Waals surface area contributed by atoms with Crippen molar-refractivity contribution in [3.05, 3.63) is 28.5 Å². The molecule has 2 aliphatic heterocycles. The number of hydrogen-bond donors (Lipinski definition) is 1. The molecule has 1 aromatic rings. The molecule has 0 saturated carbocycles. The molecule has 2 fully saturated rings. The fourth-order valence-electron chi connectivity index (χ4n) is 3.53. The van der Waals surface area contributed by atoms with Gasteiger partial charge in [0.15, 0.2) is 0 Å². The van der Waals surface area contributed by atoms with E-state index in [1.165, 1.54) is 25.7 Å². The molecule has 3 rings (SSSR count). The molecule has 108 valence electrons. The second-order valence-corrected chi connectivity index (χ2v) is 6.88. The fourth-order valence-corrected chi connectivity index (χ4v) is 3.76. The first-order valence-corrected chi connectivity index (χ1v) is 8.04. The number of fused-ring (bicyclic) bond motifs is 2. The van der Waals surface area contributed by atoms with Gasteiger partial charge >= 0.3 is 0 Å². The minimum absolute atomic E-state index is 0.0659. The van der Waals surface area contributed by atoms with Gasteiger partial charge in [-0.1, -0.05) is 0 Å². The number of nitrogens with zero attached hydrogens (tertiary/aromatic N) is 2. The maximum absolute atomic E-state index is 12.0. The van der Waals surface area contributed by atoms with Gasteiger partial charge in [0.1, 0.15) is 5.69 Å². The molecule has 1 aromatic heterocycles. The number of aromatic nitrogens is 1. The van der Waals surface area contributed by atoms with Gasteiger partial charge < -0.3 is 10.2 Å². The molecule has 0 spiro atoms. The van der Waals surface area contributed by atoms with E-state index < -0.39 is 0 Å². The number of hydrogen-bond acceptors (Lipinski definition) is 3. The van der Waals surface area contributed by atoms with Crippen molar-refractivity contribution in [1.82, 2.24) is 15.2 Å². The Labute approximate surface area is 128 Å². The molecule has 0 aliphatic carbocycles. The Morgan fingerprint density at radius 1 is 1.40 bits per heavy atom. The molecular formula is C15H20BrN3O. The highest BCUT2D eigenvalue weighted by molar-refractivity contribution is 9.10. The predicted octanol–water partition coefficient (Wildman–Crippen LogP) is 2.45. The van der Waals surface area contributed by atoms with Gasteiger partial charge in [0, 0.05) is 29.3 Å². The van der Waals surface area contributed by atoms with Crippen LogP contribution in [-0.2, 0) is 0 Å². The van der Waals surface area contributed by atoms with Gasteiger partial charge in [0.2, 0.25) is 0 Å². The third-order valence-electron chi connectivity index (χ3n) is 4.71. The highest BCUT2D eigenvalue weighted by atomic mass is 79.9. The summed E-state index contributed by atoms with van der Waals surface area (Å²) in [4.78, 5) is 18.7. The number of carbonyl (C=O) groups is 1. The molecule has 2 unspecified atom stereocenters.